The van der Waals surface area contributed by atoms with Gasteiger partial charge in [-0.15, -0.1) is 0 Å². The zero-order valence-corrected chi connectivity index (χ0v) is 40.0. The summed E-state index contributed by atoms with van der Waals surface area (Å²) >= 11 is 0. The number of unbranched alkanes of at least 4 members (excludes halogenated alkanes) is 34. The van der Waals surface area contributed by atoms with E-state index in [0.29, 0.717) is 12.8 Å². The maximum atomic E-state index is 12.9. The molecule has 0 saturated carbocycles. The topological polar surface area (TPSA) is 143 Å². The van der Waals surface area contributed by atoms with Gasteiger partial charge >= 0.3 is 11.9 Å². The van der Waals surface area contributed by atoms with Crippen LogP contribution in [0.25, 0.3) is 0 Å². The number of rotatable bonds is 45. The Morgan fingerprint density at radius 1 is 0.443 bits per heavy atom. The second kappa shape index (κ2) is 42.7. The molecule has 1 heterocycles. The number of hydrogen-bond acceptors (Lipinski definition) is 9. The number of carbonyl (C=O) groups excluding carboxylic acids is 2. The summed E-state index contributed by atoms with van der Waals surface area (Å²) in [5.74, 6) is -0.649. The standard InChI is InChI=1S/C52H100O9/c1-3-5-7-9-11-13-15-17-19-21-23-25-27-29-31-33-35-37-39-48(54)59-44-45(41-42-46-50(56)52(58)51(57)47(43-53)61-46)60-49(55)40-38-36-34-32-30-28-26-24-22-20-18-16-14-12-10-8-6-4-2/h45-47,50-53,56-58H,3-44H2,1-2H3/t45-,46-,47+,50-,51-,52+/m0/s1. The Kier molecular flexibility index (Phi) is 40.4. The maximum absolute atomic E-state index is 12.9. The van der Waals surface area contributed by atoms with Crippen molar-refractivity contribution in [2.75, 3.05) is 13.2 Å². The van der Waals surface area contributed by atoms with Crippen molar-refractivity contribution in [3.63, 3.8) is 0 Å². The van der Waals surface area contributed by atoms with Gasteiger partial charge in [-0.25, -0.2) is 0 Å². The lowest BCUT2D eigenvalue weighted by molar-refractivity contribution is -0.231. The molecule has 0 aliphatic carbocycles. The lowest BCUT2D eigenvalue weighted by Crippen LogP contribution is -2.58. The van der Waals surface area contributed by atoms with Crippen molar-refractivity contribution in [1.82, 2.24) is 0 Å². The van der Waals surface area contributed by atoms with Crippen molar-refractivity contribution in [3.8, 4) is 0 Å². The zero-order chi connectivity index (χ0) is 44.4. The van der Waals surface area contributed by atoms with Crippen molar-refractivity contribution in [2.24, 2.45) is 0 Å². The fourth-order valence-electron chi connectivity index (χ4n) is 8.79. The number of carbonyl (C=O) groups is 2. The van der Waals surface area contributed by atoms with E-state index < -0.39 is 43.2 Å². The van der Waals surface area contributed by atoms with Gasteiger partial charge in [-0.2, -0.15) is 0 Å². The summed E-state index contributed by atoms with van der Waals surface area (Å²) in [5, 5.41) is 40.5. The predicted octanol–water partition coefficient (Wildman–Crippen LogP) is 12.9. The first-order chi connectivity index (χ1) is 29.8. The third-order valence-electron chi connectivity index (χ3n) is 13.0. The smallest absolute Gasteiger partial charge is 0.306 e. The molecule has 1 aliphatic rings. The van der Waals surface area contributed by atoms with Gasteiger partial charge in [0, 0.05) is 12.8 Å². The van der Waals surface area contributed by atoms with E-state index in [1.807, 2.05) is 0 Å². The molecule has 1 saturated heterocycles. The molecule has 1 fully saturated rings. The minimum atomic E-state index is -1.46. The molecule has 0 aromatic heterocycles. The van der Waals surface area contributed by atoms with E-state index in [1.54, 1.807) is 0 Å². The van der Waals surface area contributed by atoms with E-state index in [9.17, 15) is 30.0 Å². The Hall–Kier alpha value is -1.26. The Morgan fingerprint density at radius 3 is 1.10 bits per heavy atom. The lowest BCUT2D eigenvalue weighted by Gasteiger charge is -2.40. The van der Waals surface area contributed by atoms with Crippen LogP contribution in [-0.4, -0.2) is 82.2 Å². The van der Waals surface area contributed by atoms with Gasteiger partial charge in [-0.3, -0.25) is 9.59 Å². The molecule has 0 spiro atoms. The highest BCUT2D eigenvalue weighted by atomic mass is 16.6. The van der Waals surface area contributed by atoms with Crippen LogP contribution in [0.1, 0.15) is 271 Å². The van der Waals surface area contributed by atoms with Gasteiger partial charge in [-0.05, 0) is 25.7 Å². The molecule has 0 bridgehead atoms. The van der Waals surface area contributed by atoms with Crippen LogP contribution in [0.3, 0.4) is 0 Å². The summed E-state index contributed by atoms with van der Waals surface area (Å²) < 4.78 is 17.0. The molecule has 0 aromatic rings. The minimum Gasteiger partial charge on any atom is -0.462 e. The van der Waals surface area contributed by atoms with Crippen molar-refractivity contribution in [3.05, 3.63) is 0 Å². The van der Waals surface area contributed by atoms with E-state index in [-0.39, 0.29) is 31.4 Å². The van der Waals surface area contributed by atoms with Crippen LogP contribution in [-0.2, 0) is 23.8 Å². The van der Waals surface area contributed by atoms with Crippen LogP contribution in [0.4, 0.5) is 0 Å². The van der Waals surface area contributed by atoms with Crippen LogP contribution >= 0.6 is 0 Å². The summed E-state index contributed by atoms with van der Waals surface area (Å²) in [6, 6.07) is 0. The SMILES string of the molecule is CCCCCCCCCCCCCCCCCCCCC(=O)OC[C@H](CC[C@@H]1O[C@H](CO)[C@H](O)[C@H](O)[C@H]1O)OC(=O)CCCCCCCCCCCCCCCCCCCC. The molecule has 9 nitrogen and oxygen atoms in total. The molecule has 0 radical (unpaired) electrons. The first-order valence-corrected chi connectivity index (χ1v) is 26.5. The van der Waals surface area contributed by atoms with Gasteiger partial charge < -0.3 is 34.6 Å². The quantitative estimate of drug-likeness (QED) is 0.0347. The van der Waals surface area contributed by atoms with E-state index in [1.165, 1.54) is 193 Å². The van der Waals surface area contributed by atoms with Crippen molar-refractivity contribution < 1.29 is 44.2 Å². The lowest BCUT2D eigenvalue weighted by atomic mass is 9.92. The summed E-state index contributed by atoms with van der Waals surface area (Å²) in [7, 11) is 0. The van der Waals surface area contributed by atoms with Crippen molar-refractivity contribution in [2.45, 2.75) is 307 Å². The summed E-state index contributed by atoms with van der Waals surface area (Å²) in [6.45, 7) is 3.96. The molecule has 362 valence electrons. The first kappa shape index (κ1) is 57.8. The number of esters is 2. The van der Waals surface area contributed by atoms with Gasteiger partial charge in [0.1, 0.15) is 37.1 Å². The number of aliphatic hydroxyl groups is 4. The van der Waals surface area contributed by atoms with E-state index in [0.717, 1.165) is 38.5 Å². The predicted molar refractivity (Wildman–Crippen MR) is 251 cm³/mol. The molecule has 0 amide bonds. The Labute approximate surface area is 375 Å². The average Bonchev–Trinajstić information content (AvgIpc) is 3.26. The van der Waals surface area contributed by atoms with Crippen LogP contribution < -0.4 is 0 Å². The third kappa shape index (κ3) is 33.9. The molecule has 61 heavy (non-hydrogen) atoms. The molecular weight excluding hydrogens is 769 g/mol. The Morgan fingerprint density at radius 2 is 0.754 bits per heavy atom. The van der Waals surface area contributed by atoms with Gasteiger partial charge in [-0.1, -0.05) is 232 Å². The van der Waals surface area contributed by atoms with Gasteiger partial charge in [0.15, 0.2) is 0 Å². The van der Waals surface area contributed by atoms with Gasteiger partial charge in [0.2, 0.25) is 0 Å². The van der Waals surface area contributed by atoms with Crippen LogP contribution in [0.15, 0.2) is 0 Å². The normalized spacial score (nSPS) is 19.6. The average molecular weight is 869 g/mol. The third-order valence-corrected chi connectivity index (χ3v) is 13.0. The number of ether oxygens (including phenoxy) is 3. The van der Waals surface area contributed by atoms with Crippen LogP contribution in [0, 0.1) is 0 Å². The number of hydrogen-bond donors (Lipinski definition) is 4. The van der Waals surface area contributed by atoms with E-state index in [4.69, 9.17) is 14.2 Å². The second-order valence-corrected chi connectivity index (χ2v) is 18.8. The molecule has 0 unspecified atom stereocenters. The van der Waals surface area contributed by atoms with Crippen LogP contribution in [0.2, 0.25) is 0 Å². The summed E-state index contributed by atoms with van der Waals surface area (Å²) in [5.41, 5.74) is 0. The van der Waals surface area contributed by atoms with Gasteiger partial charge in [0.05, 0.1) is 12.7 Å². The summed E-state index contributed by atoms with van der Waals surface area (Å²) in [6.07, 6.45) is 40.4. The largest absolute Gasteiger partial charge is 0.462 e. The van der Waals surface area contributed by atoms with Crippen molar-refractivity contribution in [1.29, 1.82) is 0 Å². The highest BCUT2D eigenvalue weighted by Gasteiger charge is 2.43. The molecule has 4 N–H and O–H groups in total. The Balaban J connectivity index is 2.23. The summed E-state index contributed by atoms with van der Waals surface area (Å²) in [4.78, 5) is 25.5. The highest BCUT2D eigenvalue weighted by molar-refractivity contribution is 5.70. The second-order valence-electron chi connectivity index (χ2n) is 18.8. The van der Waals surface area contributed by atoms with Crippen LogP contribution in [0.5, 0.6) is 0 Å². The highest BCUT2D eigenvalue weighted by Crippen LogP contribution is 2.25. The molecule has 0 aromatic carbocycles. The zero-order valence-electron chi connectivity index (χ0n) is 40.0. The molecular formula is C52H100O9. The minimum absolute atomic E-state index is 0.0832. The fourth-order valence-corrected chi connectivity index (χ4v) is 8.79. The van der Waals surface area contributed by atoms with Crippen molar-refractivity contribution >= 4 is 11.9 Å². The van der Waals surface area contributed by atoms with E-state index in [2.05, 4.69) is 13.8 Å². The molecule has 9 heteroatoms. The maximum Gasteiger partial charge on any atom is 0.306 e. The van der Waals surface area contributed by atoms with E-state index >= 15 is 0 Å². The monoisotopic (exact) mass is 869 g/mol. The molecule has 1 rings (SSSR count). The molecule has 6 atom stereocenters. The molecule has 1 aliphatic heterocycles. The Bertz CT molecular complexity index is 961. The first-order valence-electron chi connectivity index (χ1n) is 26.5. The number of aliphatic hydroxyl groups excluding tert-OH is 4. The fraction of sp³-hybridized carbons (Fsp3) is 0.962. The van der Waals surface area contributed by atoms with Gasteiger partial charge in [0.25, 0.3) is 0 Å².